The van der Waals surface area contributed by atoms with Crippen LogP contribution in [0.15, 0.2) is 0 Å². The molecule has 2 atom stereocenters. The molecule has 82 valence electrons. The lowest BCUT2D eigenvalue weighted by molar-refractivity contribution is -0.101. The standard InChI is InChI=1S/C11H21NO2/c1-9(2)7-10-11(3-5-13-8-11)14-6-4-12-10/h9-10,12H,3-8H2,1-2H3. The fourth-order valence-corrected chi connectivity index (χ4v) is 2.49. The molecule has 2 rings (SSSR count). The van der Waals surface area contributed by atoms with Gasteiger partial charge in [0, 0.05) is 25.6 Å². The van der Waals surface area contributed by atoms with Crippen LogP contribution in [0.3, 0.4) is 0 Å². The van der Waals surface area contributed by atoms with Crippen molar-refractivity contribution in [3.63, 3.8) is 0 Å². The van der Waals surface area contributed by atoms with E-state index in [0.29, 0.717) is 12.0 Å². The Kier molecular flexibility index (Phi) is 3.10. The number of morpholine rings is 1. The molecule has 2 aliphatic rings. The second-order valence-corrected chi connectivity index (χ2v) is 4.85. The minimum Gasteiger partial charge on any atom is -0.378 e. The first-order chi connectivity index (χ1) is 6.73. The Hall–Kier alpha value is -0.120. The van der Waals surface area contributed by atoms with Gasteiger partial charge in [-0.15, -0.1) is 0 Å². The molecule has 0 aromatic carbocycles. The van der Waals surface area contributed by atoms with Crippen LogP contribution >= 0.6 is 0 Å². The summed E-state index contributed by atoms with van der Waals surface area (Å²) in [6, 6.07) is 0.485. The van der Waals surface area contributed by atoms with E-state index in [-0.39, 0.29) is 5.60 Å². The zero-order valence-electron chi connectivity index (χ0n) is 9.21. The summed E-state index contributed by atoms with van der Waals surface area (Å²) in [5.74, 6) is 0.715. The molecule has 0 aromatic heterocycles. The van der Waals surface area contributed by atoms with Gasteiger partial charge in [-0.3, -0.25) is 0 Å². The van der Waals surface area contributed by atoms with Gasteiger partial charge in [-0.2, -0.15) is 0 Å². The van der Waals surface area contributed by atoms with Gasteiger partial charge in [0.05, 0.1) is 13.2 Å². The first-order valence-corrected chi connectivity index (χ1v) is 5.68. The Morgan fingerprint density at radius 2 is 2.29 bits per heavy atom. The van der Waals surface area contributed by atoms with E-state index in [4.69, 9.17) is 9.47 Å². The van der Waals surface area contributed by atoms with Crippen molar-refractivity contribution in [3.8, 4) is 0 Å². The van der Waals surface area contributed by atoms with Crippen molar-refractivity contribution in [3.05, 3.63) is 0 Å². The van der Waals surface area contributed by atoms with Crippen LogP contribution in [0, 0.1) is 5.92 Å². The molecule has 3 heteroatoms. The third-order valence-corrected chi connectivity index (χ3v) is 3.24. The van der Waals surface area contributed by atoms with Gasteiger partial charge in [-0.25, -0.2) is 0 Å². The van der Waals surface area contributed by atoms with Crippen LogP contribution < -0.4 is 5.32 Å². The molecule has 2 unspecified atom stereocenters. The monoisotopic (exact) mass is 199 g/mol. The minimum absolute atomic E-state index is 0.0114. The topological polar surface area (TPSA) is 30.5 Å². The Balaban J connectivity index is 2.02. The van der Waals surface area contributed by atoms with Crippen molar-refractivity contribution >= 4 is 0 Å². The molecule has 0 saturated carbocycles. The van der Waals surface area contributed by atoms with Crippen LogP contribution in [0.25, 0.3) is 0 Å². The van der Waals surface area contributed by atoms with Crippen LogP contribution in [0.4, 0.5) is 0 Å². The van der Waals surface area contributed by atoms with Gasteiger partial charge >= 0.3 is 0 Å². The number of hydrogen-bond donors (Lipinski definition) is 1. The van der Waals surface area contributed by atoms with Crippen LogP contribution in [0.5, 0.6) is 0 Å². The van der Waals surface area contributed by atoms with Crippen molar-refractivity contribution in [2.24, 2.45) is 5.92 Å². The summed E-state index contributed by atoms with van der Waals surface area (Å²) in [5, 5.41) is 3.58. The highest BCUT2D eigenvalue weighted by atomic mass is 16.6. The van der Waals surface area contributed by atoms with E-state index in [1.165, 1.54) is 6.42 Å². The maximum atomic E-state index is 5.95. The normalized spacial score (nSPS) is 38.4. The number of nitrogens with one attached hydrogen (secondary N) is 1. The predicted molar refractivity (Wildman–Crippen MR) is 55.4 cm³/mol. The van der Waals surface area contributed by atoms with E-state index in [1.807, 2.05) is 0 Å². The molecule has 0 radical (unpaired) electrons. The molecular formula is C11H21NO2. The van der Waals surface area contributed by atoms with Crippen molar-refractivity contribution in [1.82, 2.24) is 5.32 Å². The minimum atomic E-state index is -0.0114. The molecule has 1 N–H and O–H groups in total. The number of hydrogen-bond acceptors (Lipinski definition) is 3. The van der Waals surface area contributed by atoms with Crippen LogP contribution in [0.2, 0.25) is 0 Å². The number of rotatable bonds is 2. The first-order valence-electron chi connectivity index (χ1n) is 5.68. The summed E-state index contributed by atoms with van der Waals surface area (Å²) in [6.07, 6.45) is 2.24. The Bertz CT molecular complexity index is 188. The van der Waals surface area contributed by atoms with E-state index in [1.54, 1.807) is 0 Å². The molecule has 0 amide bonds. The van der Waals surface area contributed by atoms with Crippen molar-refractivity contribution < 1.29 is 9.47 Å². The molecule has 14 heavy (non-hydrogen) atoms. The highest BCUT2D eigenvalue weighted by molar-refractivity contribution is 4.98. The second-order valence-electron chi connectivity index (χ2n) is 4.85. The Labute approximate surface area is 86.2 Å². The van der Waals surface area contributed by atoms with Gasteiger partial charge in [0.15, 0.2) is 0 Å². The van der Waals surface area contributed by atoms with Crippen LogP contribution in [0.1, 0.15) is 26.7 Å². The van der Waals surface area contributed by atoms with Gasteiger partial charge in [-0.1, -0.05) is 13.8 Å². The van der Waals surface area contributed by atoms with Crippen molar-refractivity contribution in [1.29, 1.82) is 0 Å². The summed E-state index contributed by atoms with van der Waals surface area (Å²) < 4.78 is 11.4. The molecule has 1 spiro atoms. The molecule has 2 aliphatic heterocycles. The molecule has 0 bridgehead atoms. The zero-order chi connectivity index (χ0) is 10.0. The quantitative estimate of drug-likeness (QED) is 0.724. The lowest BCUT2D eigenvalue weighted by atomic mass is 9.86. The lowest BCUT2D eigenvalue weighted by Crippen LogP contribution is -2.58. The molecule has 2 heterocycles. The highest BCUT2D eigenvalue weighted by Gasteiger charge is 2.45. The smallest absolute Gasteiger partial charge is 0.109 e. The van der Waals surface area contributed by atoms with Gasteiger partial charge in [-0.05, 0) is 12.3 Å². The van der Waals surface area contributed by atoms with E-state index in [9.17, 15) is 0 Å². The fourth-order valence-electron chi connectivity index (χ4n) is 2.49. The summed E-state index contributed by atoms with van der Waals surface area (Å²) >= 11 is 0. The fraction of sp³-hybridized carbons (Fsp3) is 1.00. The average molecular weight is 199 g/mol. The number of ether oxygens (including phenoxy) is 2. The summed E-state index contributed by atoms with van der Waals surface area (Å²) in [5.41, 5.74) is -0.0114. The summed E-state index contributed by atoms with van der Waals surface area (Å²) in [7, 11) is 0. The van der Waals surface area contributed by atoms with Crippen LogP contribution in [-0.4, -0.2) is 38.0 Å². The van der Waals surface area contributed by atoms with E-state index in [2.05, 4.69) is 19.2 Å². The summed E-state index contributed by atoms with van der Waals surface area (Å²) in [6.45, 7) is 7.98. The van der Waals surface area contributed by atoms with E-state index in [0.717, 1.165) is 32.8 Å². The second kappa shape index (κ2) is 4.17. The summed E-state index contributed by atoms with van der Waals surface area (Å²) in [4.78, 5) is 0. The van der Waals surface area contributed by atoms with Gasteiger partial charge in [0.25, 0.3) is 0 Å². The lowest BCUT2D eigenvalue weighted by Gasteiger charge is -2.41. The molecular weight excluding hydrogens is 178 g/mol. The highest BCUT2D eigenvalue weighted by Crippen LogP contribution is 2.32. The van der Waals surface area contributed by atoms with Crippen molar-refractivity contribution in [2.45, 2.75) is 38.3 Å². The van der Waals surface area contributed by atoms with Gasteiger partial charge in [0.2, 0.25) is 0 Å². The van der Waals surface area contributed by atoms with Gasteiger partial charge in [0.1, 0.15) is 5.60 Å². The van der Waals surface area contributed by atoms with Crippen LogP contribution in [-0.2, 0) is 9.47 Å². The predicted octanol–water partition coefficient (Wildman–Crippen LogP) is 1.18. The first kappa shape index (κ1) is 10.4. The van der Waals surface area contributed by atoms with Gasteiger partial charge < -0.3 is 14.8 Å². The van der Waals surface area contributed by atoms with E-state index >= 15 is 0 Å². The molecule has 3 nitrogen and oxygen atoms in total. The molecule has 2 saturated heterocycles. The SMILES string of the molecule is CC(C)CC1NCCOC12CCOC2. The van der Waals surface area contributed by atoms with Crippen molar-refractivity contribution in [2.75, 3.05) is 26.4 Å². The molecule has 0 aliphatic carbocycles. The average Bonchev–Trinajstić information content (AvgIpc) is 2.58. The zero-order valence-corrected chi connectivity index (χ0v) is 9.21. The third-order valence-electron chi connectivity index (χ3n) is 3.24. The van der Waals surface area contributed by atoms with E-state index < -0.39 is 0 Å². The Morgan fingerprint density at radius 3 is 2.93 bits per heavy atom. The third kappa shape index (κ3) is 1.95. The molecule has 0 aromatic rings. The largest absolute Gasteiger partial charge is 0.378 e. The maximum Gasteiger partial charge on any atom is 0.109 e. The maximum absolute atomic E-state index is 5.95. The molecule has 2 fully saturated rings. The Morgan fingerprint density at radius 1 is 1.43 bits per heavy atom.